The van der Waals surface area contributed by atoms with Crippen LogP contribution in [0, 0.1) is 6.92 Å². The number of benzene rings is 4. The van der Waals surface area contributed by atoms with Crippen molar-refractivity contribution in [2.24, 2.45) is 0 Å². The standard InChI is InChI=1S/C21H16/c1-15-6-8-16(9-7-15)19-10-11-20-12-17-4-2-3-5-18(17)13-21(20)14-19/h2-14H,1H3. The SMILES string of the molecule is Cc1ccc(-c2ccc3cc4ccccc4cc3c2)cc1. The Morgan fingerprint density at radius 3 is 1.76 bits per heavy atom. The predicted molar refractivity (Wildman–Crippen MR) is 91.6 cm³/mol. The van der Waals surface area contributed by atoms with Gasteiger partial charge in [-0.1, -0.05) is 66.2 Å². The normalized spacial score (nSPS) is 11.1. The Morgan fingerprint density at radius 1 is 0.476 bits per heavy atom. The van der Waals surface area contributed by atoms with Crippen LogP contribution in [0.3, 0.4) is 0 Å². The van der Waals surface area contributed by atoms with Crippen LogP contribution in [0.2, 0.25) is 0 Å². The van der Waals surface area contributed by atoms with Crippen molar-refractivity contribution in [1.82, 2.24) is 0 Å². The van der Waals surface area contributed by atoms with E-state index in [1.165, 1.54) is 38.2 Å². The maximum Gasteiger partial charge on any atom is -0.0171 e. The van der Waals surface area contributed by atoms with Crippen LogP contribution in [0.4, 0.5) is 0 Å². The fraction of sp³-hybridized carbons (Fsp3) is 0.0476. The Kier molecular flexibility index (Phi) is 2.75. The van der Waals surface area contributed by atoms with Gasteiger partial charge in [-0.05, 0) is 57.8 Å². The van der Waals surface area contributed by atoms with E-state index < -0.39 is 0 Å². The summed E-state index contributed by atoms with van der Waals surface area (Å²) in [5.74, 6) is 0. The molecule has 4 aromatic rings. The Morgan fingerprint density at radius 2 is 1.05 bits per heavy atom. The van der Waals surface area contributed by atoms with E-state index in [4.69, 9.17) is 0 Å². The summed E-state index contributed by atoms with van der Waals surface area (Å²) in [6.07, 6.45) is 0. The fourth-order valence-electron chi connectivity index (χ4n) is 2.87. The van der Waals surface area contributed by atoms with Crippen LogP contribution < -0.4 is 0 Å². The van der Waals surface area contributed by atoms with Crippen LogP contribution in [-0.4, -0.2) is 0 Å². The number of fused-ring (bicyclic) bond motifs is 2. The lowest BCUT2D eigenvalue weighted by atomic mass is 9.98. The molecule has 0 N–H and O–H groups in total. The molecule has 0 bridgehead atoms. The Labute approximate surface area is 124 Å². The molecule has 0 heteroatoms. The molecule has 0 heterocycles. The van der Waals surface area contributed by atoms with Crippen LogP contribution >= 0.6 is 0 Å². The third kappa shape index (κ3) is 2.19. The summed E-state index contributed by atoms with van der Waals surface area (Å²) in [5.41, 5.74) is 3.85. The number of hydrogen-bond donors (Lipinski definition) is 0. The van der Waals surface area contributed by atoms with Gasteiger partial charge in [0.1, 0.15) is 0 Å². The molecule has 0 saturated carbocycles. The second kappa shape index (κ2) is 4.75. The van der Waals surface area contributed by atoms with E-state index in [1.807, 2.05) is 0 Å². The van der Waals surface area contributed by atoms with Gasteiger partial charge in [0.25, 0.3) is 0 Å². The molecule has 0 spiro atoms. The molecule has 0 fully saturated rings. The molecule has 4 rings (SSSR count). The summed E-state index contributed by atoms with van der Waals surface area (Å²) in [4.78, 5) is 0. The number of rotatable bonds is 1. The summed E-state index contributed by atoms with van der Waals surface area (Å²) in [6.45, 7) is 2.12. The average molecular weight is 268 g/mol. The van der Waals surface area contributed by atoms with Gasteiger partial charge in [0.15, 0.2) is 0 Å². The molecule has 4 aromatic carbocycles. The van der Waals surface area contributed by atoms with Crippen molar-refractivity contribution in [1.29, 1.82) is 0 Å². The van der Waals surface area contributed by atoms with Gasteiger partial charge in [-0.2, -0.15) is 0 Å². The maximum atomic E-state index is 2.28. The zero-order valence-corrected chi connectivity index (χ0v) is 12.0. The van der Waals surface area contributed by atoms with Gasteiger partial charge in [-0.15, -0.1) is 0 Å². The summed E-state index contributed by atoms with van der Waals surface area (Å²) in [6, 6.07) is 28.5. The van der Waals surface area contributed by atoms with Gasteiger partial charge >= 0.3 is 0 Å². The van der Waals surface area contributed by atoms with E-state index in [0.717, 1.165) is 0 Å². The first kappa shape index (κ1) is 12.2. The molecule has 0 aromatic heterocycles. The third-order valence-electron chi connectivity index (χ3n) is 4.09. The molecular formula is C21H16. The highest BCUT2D eigenvalue weighted by molar-refractivity contribution is 5.99. The van der Waals surface area contributed by atoms with Crippen molar-refractivity contribution in [3.05, 3.63) is 84.4 Å². The second-order valence-corrected chi connectivity index (χ2v) is 5.63. The van der Waals surface area contributed by atoms with Crippen LogP contribution in [0.1, 0.15) is 5.56 Å². The van der Waals surface area contributed by atoms with E-state index >= 15 is 0 Å². The smallest absolute Gasteiger partial charge is 0.0171 e. The minimum atomic E-state index is 1.27. The minimum Gasteiger partial charge on any atom is -0.0616 e. The van der Waals surface area contributed by atoms with Crippen molar-refractivity contribution >= 4 is 21.5 Å². The summed E-state index contributed by atoms with van der Waals surface area (Å²) >= 11 is 0. The van der Waals surface area contributed by atoms with Crippen molar-refractivity contribution < 1.29 is 0 Å². The highest BCUT2D eigenvalue weighted by atomic mass is 14.1. The van der Waals surface area contributed by atoms with Gasteiger partial charge in [-0.25, -0.2) is 0 Å². The van der Waals surface area contributed by atoms with Crippen LogP contribution in [0.5, 0.6) is 0 Å². The van der Waals surface area contributed by atoms with Crippen molar-refractivity contribution in [3.63, 3.8) is 0 Å². The molecule has 0 aliphatic carbocycles. The minimum absolute atomic E-state index is 1.27. The topological polar surface area (TPSA) is 0 Å². The van der Waals surface area contributed by atoms with Gasteiger partial charge < -0.3 is 0 Å². The molecule has 0 aliphatic rings. The molecule has 0 saturated heterocycles. The van der Waals surface area contributed by atoms with E-state index in [2.05, 4.69) is 85.8 Å². The van der Waals surface area contributed by atoms with E-state index in [9.17, 15) is 0 Å². The largest absolute Gasteiger partial charge is 0.0616 e. The summed E-state index contributed by atoms with van der Waals surface area (Å²) in [5, 5.41) is 5.19. The Bertz CT molecular complexity index is 931. The molecule has 0 amide bonds. The molecular weight excluding hydrogens is 252 g/mol. The molecule has 100 valence electrons. The molecule has 0 nitrogen and oxygen atoms in total. The lowest BCUT2D eigenvalue weighted by Gasteiger charge is -2.06. The van der Waals surface area contributed by atoms with Crippen LogP contribution in [-0.2, 0) is 0 Å². The fourth-order valence-corrected chi connectivity index (χ4v) is 2.87. The highest BCUT2D eigenvalue weighted by Crippen LogP contribution is 2.28. The van der Waals surface area contributed by atoms with Crippen molar-refractivity contribution in [3.8, 4) is 11.1 Å². The molecule has 0 unspecified atom stereocenters. The van der Waals surface area contributed by atoms with Crippen molar-refractivity contribution in [2.75, 3.05) is 0 Å². The molecule has 0 atom stereocenters. The first-order valence-corrected chi connectivity index (χ1v) is 7.29. The van der Waals surface area contributed by atoms with Crippen LogP contribution in [0.25, 0.3) is 32.7 Å². The lowest BCUT2D eigenvalue weighted by molar-refractivity contribution is 1.47. The van der Waals surface area contributed by atoms with E-state index in [0.29, 0.717) is 0 Å². The van der Waals surface area contributed by atoms with Gasteiger partial charge in [0, 0.05) is 0 Å². The summed E-state index contributed by atoms with van der Waals surface area (Å²) < 4.78 is 0. The van der Waals surface area contributed by atoms with E-state index in [-0.39, 0.29) is 0 Å². The molecule has 21 heavy (non-hydrogen) atoms. The zero-order chi connectivity index (χ0) is 14.2. The van der Waals surface area contributed by atoms with Gasteiger partial charge in [-0.3, -0.25) is 0 Å². The lowest BCUT2D eigenvalue weighted by Crippen LogP contribution is -1.81. The van der Waals surface area contributed by atoms with Gasteiger partial charge in [0.2, 0.25) is 0 Å². The first-order chi connectivity index (χ1) is 10.3. The van der Waals surface area contributed by atoms with Gasteiger partial charge in [0.05, 0.1) is 0 Å². The highest BCUT2D eigenvalue weighted by Gasteiger charge is 2.01. The Balaban J connectivity index is 1.92. The average Bonchev–Trinajstić information content (AvgIpc) is 2.53. The zero-order valence-electron chi connectivity index (χ0n) is 12.0. The third-order valence-corrected chi connectivity index (χ3v) is 4.09. The number of hydrogen-bond acceptors (Lipinski definition) is 0. The maximum absolute atomic E-state index is 2.28. The Hall–Kier alpha value is -2.60. The first-order valence-electron chi connectivity index (χ1n) is 7.29. The molecule has 0 radical (unpaired) electrons. The van der Waals surface area contributed by atoms with E-state index in [1.54, 1.807) is 0 Å². The van der Waals surface area contributed by atoms with Crippen molar-refractivity contribution in [2.45, 2.75) is 6.92 Å². The second-order valence-electron chi connectivity index (χ2n) is 5.63. The monoisotopic (exact) mass is 268 g/mol. The molecule has 0 aliphatic heterocycles. The quantitative estimate of drug-likeness (QED) is 0.373. The number of aryl methyl sites for hydroxylation is 1. The van der Waals surface area contributed by atoms with Crippen LogP contribution in [0.15, 0.2) is 78.9 Å². The predicted octanol–water partition coefficient (Wildman–Crippen LogP) is 5.97. The summed E-state index contributed by atoms with van der Waals surface area (Å²) in [7, 11) is 0.